The van der Waals surface area contributed by atoms with Gasteiger partial charge in [0.1, 0.15) is 0 Å². The van der Waals surface area contributed by atoms with E-state index >= 15 is 0 Å². The quantitative estimate of drug-likeness (QED) is 0.883. The van der Waals surface area contributed by atoms with E-state index in [9.17, 15) is 9.00 Å². The summed E-state index contributed by atoms with van der Waals surface area (Å²) in [4.78, 5) is 15.1. The molecular weight excluding hydrogens is 284 g/mol. The number of nitrogens with one attached hydrogen (secondary N) is 1. The Labute approximate surface area is 128 Å². The molecule has 0 bridgehead atoms. The minimum absolute atomic E-state index is 0.229. The highest BCUT2D eigenvalue weighted by atomic mass is 32.2. The van der Waals surface area contributed by atoms with Gasteiger partial charge in [0.15, 0.2) is 0 Å². The first kappa shape index (κ1) is 14.7. The molecule has 0 aromatic heterocycles. The van der Waals surface area contributed by atoms with Crippen molar-refractivity contribution >= 4 is 16.7 Å². The van der Waals surface area contributed by atoms with Crippen molar-refractivity contribution in [3.8, 4) is 0 Å². The monoisotopic (exact) mass is 306 g/mol. The molecule has 1 N–H and O–H groups in total. The molecule has 0 unspecified atom stereocenters. The Morgan fingerprint density at radius 1 is 1.10 bits per heavy atom. The molecule has 21 heavy (non-hydrogen) atoms. The molecule has 2 heterocycles. The third kappa shape index (κ3) is 2.90. The van der Waals surface area contributed by atoms with Crippen LogP contribution in [0.2, 0.25) is 0 Å². The normalized spacial score (nSPS) is 23.0. The number of hydrogen-bond donors (Lipinski definition) is 1. The van der Waals surface area contributed by atoms with Gasteiger partial charge in [-0.25, -0.2) is 0 Å². The summed E-state index contributed by atoms with van der Waals surface area (Å²) in [7, 11) is -0.747. The van der Waals surface area contributed by atoms with E-state index in [1.54, 1.807) is 0 Å². The fourth-order valence-corrected chi connectivity index (χ4v) is 4.43. The molecular formula is C16H22N2O2S. The summed E-state index contributed by atoms with van der Waals surface area (Å²) in [6.45, 7) is 3.02. The number of carbonyl (C=O) groups is 1. The summed E-state index contributed by atoms with van der Waals surface area (Å²) in [5.74, 6) is 1.47. The summed E-state index contributed by atoms with van der Waals surface area (Å²) >= 11 is 0. The molecule has 3 rings (SSSR count). The second kappa shape index (κ2) is 6.28. The number of hydrogen-bond acceptors (Lipinski definition) is 3. The molecule has 0 aliphatic carbocycles. The van der Waals surface area contributed by atoms with Gasteiger partial charge in [-0.05, 0) is 31.5 Å². The minimum atomic E-state index is -0.747. The van der Waals surface area contributed by atoms with E-state index < -0.39 is 16.2 Å². The Balaban J connectivity index is 1.88. The maximum Gasteiger partial charge on any atom is 0.233 e. The summed E-state index contributed by atoms with van der Waals surface area (Å²) in [6, 6.07) is 10.2. The van der Waals surface area contributed by atoms with Gasteiger partial charge in [0, 0.05) is 35.4 Å². The number of piperidine rings is 1. The van der Waals surface area contributed by atoms with E-state index in [0.717, 1.165) is 31.5 Å². The Kier molecular flexibility index (Phi) is 4.40. The molecule has 1 aromatic rings. The molecule has 114 valence electrons. The molecule has 1 amide bonds. The third-order valence-corrected chi connectivity index (χ3v) is 5.93. The molecule has 0 atom stereocenters. The largest absolute Gasteiger partial charge is 0.340 e. The number of nitrogens with zero attached hydrogens (tertiary/aromatic N) is 1. The summed E-state index contributed by atoms with van der Waals surface area (Å²) in [6.07, 6.45) is 1.69. The van der Waals surface area contributed by atoms with E-state index in [1.165, 1.54) is 0 Å². The SMILES string of the molecule is O=C(N1CCS(=O)CC1)C1(c2ccccc2)CCNCC1. The molecule has 0 spiro atoms. The fourth-order valence-electron chi connectivity index (χ4n) is 3.38. The van der Waals surface area contributed by atoms with Crippen molar-refractivity contribution in [3.63, 3.8) is 0 Å². The standard InChI is InChI=1S/C16H22N2O2S/c19-15(18-10-12-21(20)13-11-18)16(6-8-17-9-7-16)14-4-2-1-3-5-14/h1-5,17H,6-13H2. The van der Waals surface area contributed by atoms with Crippen LogP contribution < -0.4 is 5.32 Å². The van der Waals surface area contributed by atoms with Gasteiger partial charge in [-0.2, -0.15) is 0 Å². The maximum atomic E-state index is 13.2. The average molecular weight is 306 g/mol. The lowest BCUT2D eigenvalue weighted by Gasteiger charge is -2.41. The van der Waals surface area contributed by atoms with Crippen molar-refractivity contribution in [1.82, 2.24) is 10.2 Å². The molecule has 2 saturated heterocycles. The zero-order valence-corrected chi connectivity index (χ0v) is 13.0. The summed E-state index contributed by atoms with van der Waals surface area (Å²) in [5, 5.41) is 3.35. The molecule has 1 aromatic carbocycles. The van der Waals surface area contributed by atoms with E-state index in [0.29, 0.717) is 24.6 Å². The number of amides is 1. The van der Waals surface area contributed by atoms with Crippen LogP contribution in [0.15, 0.2) is 30.3 Å². The summed E-state index contributed by atoms with van der Waals surface area (Å²) in [5.41, 5.74) is 0.730. The lowest BCUT2D eigenvalue weighted by atomic mass is 9.72. The van der Waals surface area contributed by atoms with Crippen LogP contribution in [0.4, 0.5) is 0 Å². The third-order valence-electron chi connectivity index (χ3n) is 4.66. The van der Waals surface area contributed by atoms with Crippen LogP contribution in [-0.4, -0.2) is 52.7 Å². The van der Waals surface area contributed by atoms with E-state index in [2.05, 4.69) is 17.4 Å². The van der Waals surface area contributed by atoms with Gasteiger partial charge in [-0.15, -0.1) is 0 Å². The van der Waals surface area contributed by atoms with Crippen molar-refractivity contribution in [1.29, 1.82) is 0 Å². The Bertz CT molecular complexity index is 516. The van der Waals surface area contributed by atoms with Gasteiger partial charge in [0.05, 0.1) is 5.41 Å². The van der Waals surface area contributed by atoms with Crippen molar-refractivity contribution in [2.24, 2.45) is 0 Å². The van der Waals surface area contributed by atoms with Gasteiger partial charge >= 0.3 is 0 Å². The van der Waals surface area contributed by atoms with Crippen molar-refractivity contribution in [3.05, 3.63) is 35.9 Å². The molecule has 4 nitrogen and oxygen atoms in total. The van der Waals surface area contributed by atoms with Crippen LogP contribution in [0.25, 0.3) is 0 Å². The Morgan fingerprint density at radius 2 is 1.71 bits per heavy atom. The first-order chi connectivity index (χ1) is 10.2. The molecule has 0 saturated carbocycles. The topological polar surface area (TPSA) is 49.4 Å². The second-order valence-electron chi connectivity index (χ2n) is 5.84. The average Bonchev–Trinajstić information content (AvgIpc) is 2.56. The van der Waals surface area contributed by atoms with Gasteiger partial charge in [0.25, 0.3) is 0 Å². The fraction of sp³-hybridized carbons (Fsp3) is 0.562. The van der Waals surface area contributed by atoms with E-state index in [1.807, 2.05) is 23.1 Å². The number of carbonyl (C=O) groups excluding carboxylic acids is 1. The number of benzene rings is 1. The Hall–Kier alpha value is -1.20. The second-order valence-corrected chi connectivity index (χ2v) is 7.53. The minimum Gasteiger partial charge on any atom is -0.340 e. The summed E-state index contributed by atoms with van der Waals surface area (Å²) < 4.78 is 11.5. The predicted octanol–water partition coefficient (Wildman–Crippen LogP) is 0.899. The first-order valence-electron chi connectivity index (χ1n) is 7.63. The smallest absolute Gasteiger partial charge is 0.233 e. The van der Waals surface area contributed by atoms with Crippen LogP contribution in [0.5, 0.6) is 0 Å². The maximum absolute atomic E-state index is 13.2. The van der Waals surface area contributed by atoms with Crippen LogP contribution in [0, 0.1) is 0 Å². The zero-order chi connectivity index (χ0) is 14.7. The van der Waals surface area contributed by atoms with Gasteiger partial charge in [-0.3, -0.25) is 9.00 Å². The Morgan fingerprint density at radius 3 is 2.33 bits per heavy atom. The zero-order valence-electron chi connectivity index (χ0n) is 12.2. The van der Waals surface area contributed by atoms with Crippen LogP contribution in [0.1, 0.15) is 18.4 Å². The molecule has 2 aliphatic heterocycles. The lowest BCUT2D eigenvalue weighted by molar-refractivity contribution is -0.138. The van der Waals surface area contributed by atoms with E-state index in [-0.39, 0.29) is 5.91 Å². The van der Waals surface area contributed by atoms with Gasteiger partial charge in [0.2, 0.25) is 5.91 Å². The van der Waals surface area contributed by atoms with Crippen molar-refractivity contribution < 1.29 is 9.00 Å². The predicted molar refractivity (Wildman–Crippen MR) is 84.7 cm³/mol. The molecule has 5 heteroatoms. The lowest BCUT2D eigenvalue weighted by Crippen LogP contribution is -2.54. The van der Waals surface area contributed by atoms with Crippen LogP contribution in [-0.2, 0) is 21.0 Å². The highest BCUT2D eigenvalue weighted by Gasteiger charge is 2.43. The van der Waals surface area contributed by atoms with Crippen LogP contribution >= 0.6 is 0 Å². The van der Waals surface area contributed by atoms with Crippen molar-refractivity contribution in [2.75, 3.05) is 37.7 Å². The highest BCUT2D eigenvalue weighted by Crippen LogP contribution is 2.35. The van der Waals surface area contributed by atoms with E-state index in [4.69, 9.17) is 0 Å². The van der Waals surface area contributed by atoms with Crippen molar-refractivity contribution in [2.45, 2.75) is 18.3 Å². The molecule has 2 fully saturated rings. The highest BCUT2D eigenvalue weighted by molar-refractivity contribution is 7.85. The van der Waals surface area contributed by atoms with Gasteiger partial charge in [-0.1, -0.05) is 30.3 Å². The first-order valence-corrected chi connectivity index (χ1v) is 9.12. The molecule has 2 aliphatic rings. The number of rotatable bonds is 2. The van der Waals surface area contributed by atoms with Gasteiger partial charge < -0.3 is 10.2 Å². The van der Waals surface area contributed by atoms with Crippen LogP contribution in [0.3, 0.4) is 0 Å². The molecule has 0 radical (unpaired) electrons.